The van der Waals surface area contributed by atoms with E-state index >= 15 is 0 Å². The number of rotatable bonds is 2. The van der Waals surface area contributed by atoms with Gasteiger partial charge in [-0.25, -0.2) is 0 Å². The number of nitrogens with one attached hydrogen (secondary N) is 1. The summed E-state index contributed by atoms with van der Waals surface area (Å²) >= 11 is 6.00. The number of amides is 1. The molecule has 2 unspecified atom stereocenters. The van der Waals surface area contributed by atoms with Crippen molar-refractivity contribution in [3.8, 4) is 0 Å². The van der Waals surface area contributed by atoms with Crippen molar-refractivity contribution in [2.45, 2.75) is 24.9 Å². The Kier molecular flexibility index (Phi) is 3.28. The van der Waals surface area contributed by atoms with E-state index in [4.69, 9.17) is 11.6 Å². The molecular formula is C11H11ClN2O3. The Hall–Kier alpha value is -1.62. The standard InChI is InChI=1S/C11H11ClN2O3/c12-8-4-2-1-3-7(8)11-9(14(16)17)5-6-10(15)13-11/h1-4,9,11H,5-6H2,(H,13,15). The zero-order valence-electron chi connectivity index (χ0n) is 8.93. The topological polar surface area (TPSA) is 72.2 Å². The van der Waals surface area contributed by atoms with Gasteiger partial charge in [0.05, 0.1) is 0 Å². The molecule has 0 aliphatic carbocycles. The Morgan fingerprint density at radius 2 is 2.12 bits per heavy atom. The highest BCUT2D eigenvalue weighted by molar-refractivity contribution is 6.31. The minimum Gasteiger partial charge on any atom is -0.343 e. The lowest BCUT2D eigenvalue weighted by atomic mass is 9.92. The van der Waals surface area contributed by atoms with Crippen molar-refractivity contribution in [3.63, 3.8) is 0 Å². The predicted octanol–water partition coefficient (Wildman–Crippen LogP) is 1.94. The second kappa shape index (κ2) is 4.71. The van der Waals surface area contributed by atoms with E-state index in [1.54, 1.807) is 24.3 Å². The molecule has 17 heavy (non-hydrogen) atoms. The molecule has 6 heteroatoms. The van der Waals surface area contributed by atoms with Crippen molar-refractivity contribution >= 4 is 17.5 Å². The summed E-state index contributed by atoms with van der Waals surface area (Å²) < 4.78 is 0. The molecule has 1 aliphatic heterocycles. The van der Waals surface area contributed by atoms with E-state index in [0.717, 1.165) is 0 Å². The highest BCUT2D eigenvalue weighted by Crippen LogP contribution is 2.30. The van der Waals surface area contributed by atoms with Crippen LogP contribution < -0.4 is 5.32 Å². The Balaban J connectivity index is 2.35. The van der Waals surface area contributed by atoms with Crippen LogP contribution in [0.4, 0.5) is 0 Å². The predicted molar refractivity (Wildman–Crippen MR) is 62.4 cm³/mol. The molecule has 0 aromatic heterocycles. The molecular weight excluding hydrogens is 244 g/mol. The van der Waals surface area contributed by atoms with Gasteiger partial charge in [-0.3, -0.25) is 14.9 Å². The molecule has 1 heterocycles. The van der Waals surface area contributed by atoms with E-state index in [2.05, 4.69) is 5.32 Å². The molecule has 2 atom stereocenters. The van der Waals surface area contributed by atoms with Crippen LogP contribution >= 0.6 is 11.6 Å². The van der Waals surface area contributed by atoms with Gasteiger partial charge in [-0.2, -0.15) is 0 Å². The lowest BCUT2D eigenvalue weighted by molar-refractivity contribution is -0.529. The highest BCUT2D eigenvalue weighted by atomic mass is 35.5. The van der Waals surface area contributed by atoms with Crippen LogP contribution in [-0.2, 0) is 4.79 Å². The Labute approximate surface area is 103 Å². The van der Waals surface area contributed by atoms with Crippen molar-refractivity contribution in [1.82, 2.24) is 5.32 Å². The maximum atomic E-state index is 11.3. The van der Waals surface area contributed by atoms with E-state index in [1.165, 1.54) is 0 Å². The average molecular weight is 255 g/mol. The maximum absolute atomic E-state index is 11.3. The van der Waals surface area contributed by atoms with Gasteiger partial charge in [0.1, 0.15) is 6.04 Å². The van der Waals surface area contributed by atoms with Gasteiger partial charge in [-0.1, -0.05) is 29.8 Å². The van der Waals surface area contributed by atoms with Gasteiger partial charge >= 0.3 is 0 Å². The fourth-order valence-corrected chi connectivity index (χ4v) is 2.28. The van der Waals surface area contributed by atoms with Crippen LogP contribution in [0.3, 0.4) is 0 Å². The van der Waals surface area contributed by atoms with Crippen LogP contribution in [0, 0.1) is 10.1 Å². The summed E-state index contributed by atoms with van der Waals surface area (Å²) in [7, 11) is 0. The Morgan fingerprint density at radius 3 is 2.76 bits per heavy atom. The van der Waals surface area contributed by atoms with Crippen LogP contribution in [0.1, 0.15) is 24.4 Å². The third kappa shape index (κ3) is 2.39. The van der Waals surface area contributed by atoms with Crippen LogP contribution in [0.5, 0.6) is 0 Å². The number of carbonyl (C=O) groups excluding carboxylic acids is 1. The van der Waals surface area contributed by atoms with Crippen molar-refractivity contribution < 1.29 is 9.72 Å². The van der Waals surface area contributed by atoms with Crippen molar-refractivity contribution in [3.05, 3.63) is 45.0 Å². The summed E-state index contributed by atoms with van der Waals surface area (Å²) in [5.41, 5.74) is 0.601. The lowest BCUT2D eigenvalue weighted by Crippen LogP contribution is -2.45. The van der Waals surface area contributed by atoms with Crippen LogP contribution in [-0.4, -0.2) is 16.9 Å². The lowest BCUT2D eigenvalue weighted by Gasteiger charge is -2.27. The highest BCUT2D eigenvalue weighted by Gasteiger charge is 2.38. The zero-order chi connectivity index (χ0) is 12.4. The second-order valence-corrected chi connectivity index (χ2v) is 4.37. The van der Waals surface area contributed by atoms with Crippen LogP contribution in [0.25, 0.3) is 0 Å². The molecule has 0 saturated carbocycles. The smallest absolute Gasteiger partial charge is 0.237 e. The molecule has 0 radical (unpaired) electrons. The summed E-state index contributed by atoms with van der Waals surface area (Å²) in [5, 5.41) is 14.0. The quantitative estimate of drug-likeness (QED) is 0.647. The van der Waals surface area contributed by atoms with Gasteiger partial charge in [0.25, 0.3) is 0 Å². The molecule has 1 N–H and O–H groups in total. The van der Waals surface area contributed by atoms with Crippen molar-refractivity contribution in [1.29, 1.82) is 0 Å². The second-order valence-electron chi connectivity index (χ2n) is 3.96. The van der Waals surface area contributed by atoms with Crippen LogP contribution in [0.15, 0.2) is 24.3 Å². The minimum absolute atomic E-state index is 0.173. The molecule has 1 aromatic rings. The monoisotopic (exact) mass is 254 g/mol. The molecule has 5 nitrogen and oxygen atoms in total. The molecule has 1 fully saturated rings. The maximum Gasteiger partial charge on any atom is 0.237 e. The molecule has 1 aliphatic rings. The minimum atomic E-state index is -0.812. The third-order valence-electron chi connectivity index (χ3n) is 2.88. The number of halogens is 1. The molecule has 2 rings (SSSR count). The first-order valence-corrected chi connectivity index (χ1v) is 5.64. The number of nitro groups is 1. The van der Waals surface area contributed by atoms with Gasteiger partial charge in [0.2, 0.25) is 11.9 Å². The summed E-state index contributed by atoms with van der Waals surface area (Å²) in [5.74, 6) is -0.173. The SMILES string of the molecule is O=C1CCC([N+](=O)[O-])C(c2ccccc2Cl)N1. The fraction of sp³-hybridized carbons (Fsp3) is 0.364. The summed E-state index contributed by atoms with van der Waals surface area (Å²) in [6.07, 6.45) is 0.432. The summed E-state index contributed by atoms with van der Waals surface area (Å²) in [6.45, 7) is 0. The average Bonchev–Trinajstić information content (AvgIpc) is 2.29. The number of hydrogen-bond donors (Lipinski definition) is 1. The number of benzene rings is 1. The summed E-state index contributed by atoms with van der Waals surface area (Å²) in [6, 6.07) is 5.41. The molecule has 1 amide bonds. The third-order valence-corrected chi connectivity index (χ3v) is 3.22. The first-order valence-electron chi connectivity index (χ1n) is 5.27. The number of hydrogen-bond acceptors (Lipinski definition) is 3. The van der Waals surface area contributed by atoms with Crippen molar-refractivity contribution in [2.75, 3.05) is 0 Å². The van der Waals surface area contributed by atoms with Gasteiger partial charge < -0.3 is 5.32 Å². The van der Waals surface area contributed by atoms with E-state index in [0.29, 0.717) is 10.6 Å². The molecule has 1 aromatic carbocycles. The summed E-state index contributed by atoms with van der Waals surface area (Å²) in [4.78, 5) is 22.0. The number of nitrogens with zero attached hydrogens (tertiary/aromatic N) is 1. The first kappa shape index (κ1) is 11.9. The number of carbonyl (C=O) groups is 1. The van der Waals surface area contributed by atoms with E-state index in [1.807, 2.05) is 0 Å². The Bertz CT molecular complexity index is 464. The normalized spacial score (nSPS) is 24.2. The van der Waals surface area contributed by atoms with Gasteiger partial charge in [0.15, 0.2) is 0 Å². The first-order chi connectivity index (χ1) is 8.09. The van der Waals surface area contributed by atoms with Gasteiger partial charge in [-0.15, -0.1) is 0 Å². The fourth-order valence-electron chi connectivity index (χ4n) is 2.03. The van der Waals surface area contributed by atoms with E-state index in [9.17, 15) is 14.9 Å². The molecule has 0 spiro atoms. The zero-order valence-corrected chi connectivity index (χ0v) is 9.68. The van der Waals surface area contributed by atoms with Crippen LogP contribution in [0.2, 0.25) is 5.02 Å². The van der Waals surface area contributed by atoms with E-state index in [-0.39, 0.29) is 23.7 Å². The van der Waals surface area contributed by atoms with Gasteiger partial charge in [0, 0.05) is 22.8 Å². The number of piperidine rings is 1. The van der Waals surface area contributed by atoms with E-state index < -0.39 is 12.1 Å². The van der Waals surface area contributed by atoms with Gasteiger partial charge in [-0.05, 0) is 11.6 Å². The Morgan fingerprint density at radius 1 is 1.41 bits per heavy atom. The molecule has 90 valence electrons. The van der Waals surface area contributed by atoms with Crippen molar-refractivity contribution in [2.24, 2.45) is 0 Å². The molecule has 1 saturated heterocycles. The molecule has 0 bridgehead atoms. The largest absolute Gasteiger partial charge is 0.343 e.